The number of rotatable bonds is 9. The molecule has 33 heavy (non-hydrogen) atoms. The maximum Gasteiger partial charge on any atom is 0.225 e. The highest BCUT2D eigenvalue weighted by Gasteiger charge is 2.45. The van der Waals surface area contributed by atoms with Gasteiger partial charge in [-0.1, -0.05) is 18.5 Å². The third-order valence-corrected chi connectivity index (χ3v) is 7.07. The van der Waals surface area contributed by atoms with Crippen LogP contribution in [0.1, 0.15) is 31.6 Å². The van der Waals surface area contributed by atoms with Crippen LogP contribution in [0.2, 0.25) is 5.02 Å². The number of anilines is 3. The maximum absolute atomic E-state index is 12.2. The molecule has 3 rings (SSSR count). The van der Waals surface area contributed by atoms with Crippen LogP contribution in [0.25, 0.3) is 0 Å². The standard InChI is InChI=1S/C21H30ClN5O3S.2ClH/c1-3-11(9-16-13(22)6-8-31-16)26-14-5-7-25-20(17(14)23)27-15-10-12(18(28)19(15)29)21(30)24-4-2;;/h5-8,11-12,15,18-19,28-29H,3-4,9-10,23H2,1-2H3,(H,24,30)(H2,25,26,27);2*1H. The second kappa shape index (κ2) is 13.4. The summed E-state index contributed by atoms with van der Waals surface area (Å²) in [6, 6.07) is 3.29. The van der Waals surface area contributed by atoms with E-state index in [-0.39, 0.29) is 43.2 Å². The summed E-state index contributed by atoms with van der Waals surface area (Å²) in [5.74, 6) is -0.551. The summed E-state index contributed by atoms with van der Waals surface area (Å²) in [7, 11) is 0. The number of aromatic nitrogens is 1. The van der Waals surface area contributed by atoms with Gasteiger partial charge in [0.15, 0.2) is 5.82 Å². The van der Waals surface area contributed by atoms with Gasteiger partial charge in [-0.2, -0.15) is 0 Å². The number of aliphatic hydroxyl groups is 2. The highest BCUT2D eigenvalue weighted by atomic mass is 35.5. The highest BCUT2D eigenvalue weighted by Crippen LogP contribution is 2.33. The van der Waals surface area contributed by atoms with Crippen LogP contribution in [0.3, 0.4) is 0 Å². The number of nitrogens with one attached hydrogen (secondary N) is 3. The van der Waals surface area contributed by atoms with Gasteiger partial charge in [0.25, 0.3) is 0 Å². The number of pyridine rings is 1. The molecule has 0 saturated heterocycles. The van der Waals surface area contributed by atoms with Gasteiger partial charge >= 0.3 is 0 Å². The molecule has 2 heterocycles. The molecule has 2 aromatic rings. The van der Waals surface area contributed by atoms with Crippen LogP contribution in [0.15, 0.2) is 23.7 Å². The number of aliphatic hydroxyl groups excluding tert-OH is 2. The van der Waals surface area contributed by atoms with Crippen molar-refractivity contribution in [3.63, 3.8) is 0 Å². The molecular weight excluding hydrogens is 509 g/mol. The van der Waals surface area contributed by atoms with Crippen LogP contribution < -0.4 is 21.7 Å². The van der Waals surface area contributed by atoms with Crippen LogP contribution >= 0.6 is 47.8 Å². The van der Waals surface area contributed by atoms with Crippen molar-refractivity contribution in [3.05, 3.63) is 33.6 Å². The number of amides is 1. The van der Waals surface area contributed by atoms with Gasteiger partial charge in [0.05, 0.1) is 34.5 Å². The van der Waals surface area contributed by atoms with Crippen LogP contribution in [-0.4, -0.2) is 51.9 Å². The van der Waals surface area contributed by atoms with Crippen LogP contribution in [0.5, 0.6) is 0 Å². The molecule has 1 aliphatic carbocycles. The lowest BCUT2D eigenvalue weighted by molar-refractivity contribution is -0.128. The zero-order chi connectivity index (χ0) is 22.5. The molecule has 8 nitrogen and oxygen atoms in total. The van der Waals surface area contributed by atoms with E-state index in [9.17, 15) is 15.0 Å². The molecule has 186 valence electrons. The van der Waals surface area contributed by atoms with Gasteiger partial charge in [0.1, 0.15) is 6.10 Å². The largest absolute Gasteiger partial charge is 0.394 e. The Morgan fingerprint density at radius 2 is 2.03 bits per heavy atom. The average molecular weight is 541 g/mol. The summed E-state index contributed by atoms with van der Waals surface area (Å²) < 4.78 is 0. The summed E-state index contributed by atoms with van der Waals surface area (Å²) in [5.41, 5.74) is 7.50. The fourth-order valence-electron chi connectivity index (χ4n) is 3.84. The van der Waals surface area contributed by atoms with Crippen molar-refractivity contribution >= 4 is 70.9 Å². The van der Waals surface area contributed by atoms with E-state index in [1.165, 1.54) is 0 Å². The number of nitrogens with zero attached hydrogens (tertiary/aromatic N) is 1. The fourth-order valence-corrected chi connectivity index (χ4v) is 5.04. The minimum absolute atomic E-state index is 0. The van der Waals surface area contributed by atoms with Crippen molar-refractivity contribution in [2.24, 2.45) is 5.92 Å². The SMILES string of the molecule is CCNC(=O)C1CC(Nc2nccc(NC(CC)Cc3sccc3Cl)c2N)C(O)C1O.Cl.Cl. The number of carbonyl (C=O) groups excluding carboxylic acids is 1. The summed E-state index contributed by atoms with van der Waals surface area (Å²) in [6.45, 7) is 4.37. The van der Waals surface area contributed by atoms with Gasteiger partial charge in [-0.05, 0) is 37.3 Å². The number of thiophene rings is 1. The topological polar surface area (TPSA) is 133 Å². The van der Waals surface area contributed by atoms with Gasteiger partial charge in [-0.15, -0.1) is 36.2 Å². The number of nitrogen functional groups attached to an aromatic ring is 1. The Hall–Kier alpha value is -1.49. The van der Waals surface area contributed by atoms with Crippen molar-refractivity contribution in [2.45, 2.75) is 57.4 Å². The van der Waals surface area contributed by atoms with E-state index in [0.717, 1.165) is 28.4 Å². The molecule has 12 heteroatoms. The first kappa shape index (κ1) is 29.5. The molecule has 5 unspecified atom stereocenters. The lowest BCUT2D eigenvalue weighted by Crippen LogP contribution is -2.39. The Labute approximate surface area is 215 Å². The molecule has 2 aromatic heterocycles. The third-order valence-electron chi connectivity index (χ3n) is 5.66. The monoisotopic (exact) mass is 539 g/mol. The first-order valence-corrected chi connectivity index (χ1v) is 11.7. The van der Waals surface area contributed by atoms with E-state index in [2.05, 4.69) is 27.9 Å². The normalized spacial score (nSPS) is 22.6. The van der Waals surface area contributed by atoms with E-state index in [1.807, 2.05) is 18.4 Å². The highest BCUT2D eigenvalue weighted by molar-refractivity contribution is 7.10. The first-order chi connectivity index (χ1) is 14.8. The van der Waals surface area contributed by atoms with E-state index < -0.39 is 24.2 Å². The fraction of sp³-hybridized carbons (Fsp3) is 0.524. The molecule has 0 aliphatic heterocycles. The number of halogens is 3. The van der Waals surface area contributed by atoms with Gasteiger partial charge in [-0.25, -0.2) is 4.98 Å². The lowest BCUT2D eigenvalue weighted by Gasteiger charge is -2.23. The molecular formula is C21H32Cl3N5O3S. The maximum atomic E-state index is 12.2. The zero-order valence-corrected chi connectivity index (χ0v) is 21.7. The van der Waals surface area contributed by atoms with E-state index in [4.69, 9.17) is 17.3 Å². The molecule has 0 aromatic carbocycles. The Balaban J connectivity index is 0.00000272. The second-order valence-corrected chi connectivity index (χ2v) is 9.14. The summed E-state index contributed by atoms with van der Waals surface area (Å²) in [4.78, 5) is 17.6. The molecule has 1 aliphatic rings. The summed E-state index contributed by atoms with van der Waals surface area (Å²) >= 11 is 7.87. The minimum atomic E-state index is -1.15. The van der Waals surface area contributed by atoms with E-state index in [1.54, 1.807) is 23.6 Å². The molecule has 5 atom stereocenters. The Morgan fingerprint density at radius 3 is 2.64 bits per heavy atom. The van der Waals surface area contributed by atoms with Crippen molar-refractivity contribution in [1.29, 1.82) is 0 Å². The van der Waals surface area contributed by atoms with E-state index >= 15 is 0 Å². The third kappa shape index (κ3) is 7.00. The van der Waals surface area contributed by atoms with E-state index in [0.29, 0.717) is 18.1 Å². The molecule has 0 spiro atoms. The molecule has 0 bridgehead atoms. The summed E-state index contributed by atoms with van der Waals surface area (Å²) in [6.07, 6.45) is 1.31. The van der Waals surface area contributed by atoms with Gasteiger partial charge < -0.3 is 31.9 Å². The zero-order valence-electron chi connectivity index (χ0n) is 18.5. The predicted molar refractivity (Wildman–Crippen MR) is 140 cm³/mol. The predicted octanol–water partition coefficient (Wildman–Crippen LogP) is 3.31. The van der Waals surface area contributed by atoms with Crippen molar-refractivity contribution in [1.82, 2.24) is 10.3 Å². The molecule has 1 fully saturated rings. The molecule has 0 radical (unpaired) electrons. The molecule has 1 saturated carbocycles. The van der Waals surface area contributed by atoms with Gasteiger partial charge in [0.2, 0.25) is 5.91 Å². The van der Waals surface area contributed by atoms with Crippen molar-refractivity contribution in [2.75, 3.05) is 22.9 Å². The van der Waals surface area contributed by atoms with Crippen LogP contribution in [0.4, 0.5) is 17.2 Å². The Morgan fingerprint density at radius 1 is 1.30 bits per heavy atom. The number of hydrogen-bond acceptors (Lipinski definition) is 8. The molecule has 1 amide bonds. The number of carbonyl (C=O) groups is 1. The van der Waals surface area contributed by atoms with Gasteiger partial charge in [0, 0.05) is 30.1 Å². The van der Waals surface area contributed by atoms with Crippen LogP contribution in [0, 0.1) is 5.92 Å². The summed E-state index contributed by atoms with van der Waals surface area (Å²) in [5, 5.41) is 32.7. The first-order valence-electron chi connectivity index (χ1n) is 10.5. The average Bonchev–Trinajstić information content (AvgIpc) is 3.28. The number of nitrogens with two attached hydrogens (primary N) is 1. The quantitative estimate of drug-likeness (QED) is 0.287. The van der Waals surface area contributed by atoms with Crippen molar-refractivity contribution in [3.8, 4) is 0 Å². The van der Waals surface area contributed by atoms with Crippen molar-refractivity contribution < 1.29 is 15.0 Å². The Bertz CT molecular complexity index is 904. The van der Waals surface area contributed by atoms with Gasteiger partial charge in [-0.3, -0.25) is 4.79 Å². The smallest absolute Gasteiger partial charge is 0.225 e. The van der Waals surface area contributed by atoms with Crippen LogP contribution in [-0.2, 0) is 11.2 Å². The molecule has 7 N–H and O–H groups in total. The minimum Gasteiger partial charge on any atom is -0.394 e. The number of hydrogen-bond donors (Lipinski definition) is 6. The lowest BCUT2D eigenvalue weighted by atomic mass is 10.0. The second-order valence-electron chi connectivity index (χ2n) is 7.73. The Kier molecular flexibility index (Phi) is 12.0.